The van der Waals surface area contributed by atoms with Gasteiger partial charge in [-0.2, -0.15) is 0 Å². The van der Waals surface area contributed by atoms with E-state index in [1.807, 2.05) is 13.8 Å². The van der Waals surface area contributed by atoms with Gasteiger partial charge in [-0.3, -0.25) is 9.97 Å². The number of aromatic nitrogens is 2. The first kappa shape index (κ1) is 16.0. The van der Waals surface area contributed by atoms with Crippen LogP contribution in [0.3, 0.4) is 0 Å². The van der Waals surface area contributed by atoms with Gasteiger partial charge < -0.3 is 5.32 Å². The number of nitrogens with one attached hydrogen (secondary N) is 1. The van der Waals surface area contributed by atoms with Gasteiger partial charge in [0.25, 0.3) is 0 Å². The topological polar surface area (TPSA) is 37.8 Å². The van der Waals surface area contributed by atoms with Crippen LogP contribution in [0.15, 0.2) is 29.0 Å². The van der Waals surface area contributed by atoms with E-state index in [9.17, 15) is 8.78 Å². The molecule has 0 spiro atoms. The molecule has 112 valence electrons. The Kier molecular flexibility index (Phi) is 5.36. The molecule has 0 radical (unpaired) electrons. The number of hydrogen-bond donors (Lipinski definition) is 1. The molecule has 1 aromatic carbocycles. The third-order valence-electron chi connectivity index (χ3n) is 3.06. The Labute approximate surface area is 131 Å². The molecule has 0 saturated heterocycles. The summed E-state index contributed by atoms with van der Waals surface area (Å²) in [5, 5.41) is 3.13. The van der Waals surface area contributed by atoms with Crippen LogP contribution >= 0.6 is 15.9 Å². The molecule has 0 aliphatic carbocycles. The third kappa shape index (κ3) is 3.63. The fourth-order valence-electron chi connectivity index (χ4n) is 2.00. The van der Waals surface area contributed by atoms with Gasteiger partial charge >= 0.3 is 0 Å². The highest BCUT2D eigenvalue weighted by molar-refractivity contribution is 9.10. The zero-order valence-corrected chi connectivity index (χ0v) is 13.4. The van der Waals surface area contributed by atoms with E-state index in [4.69, 9.17) is 0 Å². The Morgan fingerprint density at radius 3 is 2.62 bits per heavy atom. The summed E-state index contributed by atoms with van der Waals surface area (Å²) in [5.74, 6) is -1.22. The highest BCUT2D eigenvalue weighted by atomic mass is 79.9. The standard InChI is InChI=1S/C15H16BrF2N3/c1-3-6-19-15(12-8-20-9(2)7-21-12)13-11(17)5-4-10(16)14(13)18/h4-5,7-8,15,19H,3,6H2,1-2H3. The van der Waals surface area contributed by atoms with Gasteiger partial charge in [0.2, 0.25) is 0 Å². The van der Waals surface area contributed by atoms with Crippen molar-refractivity contribution in [3.05, 3.63) is 57.6 Å². The number of hydrogen-bond acceptors (Lipinski definition) is 3. The summed E-state index contributed by atoms with van der Waals surface area (Å²) in [7, 11) is 0. The maximum absolute atomic E-state index is 14.3. The molecular weight excluding hydrogens is 340 g/mol. The lowest BCUT2D eigenvalue weighted by Crippen LogP contribution is -2.26. The monoisotopic (exact) mass is 355 g/mol. The summed E-state index contributed by atoms with van der Waals surface area (Å²) in [5.41, 5.74) is 1.20. The van der Waals surface area contributed by atoms with E-state index in [1.54, 1.807) is 12.4 Å². The predicted molar refractivity (Wildman–Crippen MR) is 81.0 cm³/mol. The highest BCUT2D eigenvalue weighted by Crippen LogP contribution is 2.29. The SMILES string of the molecule is CCCNC(c1cnc(C)cn1)c1c(F)ccc(Br)c1F. The summed E-state index contributed by atoms with van der Waals surface area (Å²) in [6.45, 7) is 4.41. The van der Waals surface area contributed by atoms with Crippen LogP contribution in [0.25, 0.3) is 0 Å². The molecule has 3 nitrogen and oxygen atoms in total. The van der Waals surface area contributed by atoms with E-state index < -0.39 is 17.7 Å². The molecule has 21 heavy (non-hydrogen) atoms. The van der Waals surface area contributed by atoms with Crippen LogP contribution in [-0.4, -0.2) is 16.5 Å². The minimum Gasteiger partial charge on any atom is -0.305 e. The highest BCUT2D eigenvalue weighted by Gasteiger charge is 2.24. The molecular formula is C15H16BrF2N3. The van der Waals surface area contributed by atoms with Crippen molar-refractivity contribution in [2.45, 2.75) is 26.3 Å². The zero-order valence-electron chi connectivity index (χ0n) is 11.8. The molecule has 0 saturated carbocycles. The van der Waals surface area contributed by atoms with Crippen molar-refractivity contribution < 1.29 is 8.78 Å². The molecule has 0 fully saturated rings. The molecule has 6 heteroatoms. The van der Waals surface area contributed by atoms with Crippen LogP contribution in [-0.2, 0) is 0 Å². The summed E-state index contributed by atoms with van der Waals surface area (Å²) in [6, 6.07) is 1.92. The number of benzene rings is 1. The molecule has 2 rings (SSSR count). The first-order valence-corrected chi connectivity index (χ1v) is 7.49. The Hall–Kier alpha value is -1.40. The van der Waals surface area contributed by atoms with E-state index in [1.165, 1.54) is 12.1 Å². The van der Waals surface area contributed by atoms with Gasteiger partial charge in [-0.05, 0) is 48.0 Å². The van der Waals surface area contributed by atoms with Gasteiger partial charge in [-0.1, -0.05) is 6.92 Å². The lowest BCUT2D eigenvalue weighted by atomic mass is 10.0. The average molecular weight is 356 g/mol. The summed E-state index contributed by atoms with van der Waals surface area (Å²) < 4.78 is 28.7. The summed E-state index contributed by atoms with van der Waals surface area (Å²) in [4.78, 5) is 8.40. The molecule has 1 heterocycles. The number of rotatable bonds is 5. The van der Waals surface area contributed by atoms with E-state index in [2.05, 4.69) is 31.2 Å². The van der Waals surface area contributed by atoms with Crippen molar-refractivity contribution in [3.8, 4) is 0 Å². The van der Waals surface area contributed by atoms with Crippen molar-refractivity contribution in [2.75, 3.05) is 6.54 Å². The Morgan fingerprint density at radius 1 is 1.24 bits per heavy atom. The lowest BCUT2D eigenvalue weighted by molar-refractivity contribution is 0.494. The van der Waals surface area contributed by atoms with Crippen molar-refractivity contribution in [3.63, 3.8) is 0 Å². The number of halogens is 3. The third-order valence-corrected chi connectivity index (χ3v) is 3.68. The summed E-state index contributed by atoms with van der Waals surface area (Å²) >= 11 is 3.10. The first-order chi connectivity index (χ1) is 10.0. The Bertz CT molecular complexity index is 617. The quantitative estimate of drug-likeness (QED) is 0.826. The average Bonchev–Trinajstić information content (AvgIpc) is 2.48. The molecule has 1 N–H and O–H groups in total. The maximum atomic E-state index is 14.3. The molecule has 0 aliphatic heterocycles. The van der Waals surface area contributed by atoms with Crippen molar-refractivity contribution in [1.29, 1.82) is 0 Å². The van der Waals surface area contributed by atoms with Gasteiger partial charge in [0.15, 0.2) is 0 Å². The van der Waals surface area contributed by atoms with Crippen LogP contribution in [0.4, 0.5) is 8.78 Å². The van der Waals surface area contributed by atoms with Crippen LogP contribution in [0.1, 0.15) is 36.3 Å². The van der Waals surface area contributed by atoms with Crippen molar-refractivity contribution in [2.24, 2.45) is 0 Å². The fourth-order valence-corrected chi connectivity index (χ4v) is 2.35. The molecule has 0 aliphatic rings. The van der Waals surface area contributed by atoms with Crippen LogP contribution in [0.2, 0.25) is 0 Å². The largest absolute Gasteiger partial charge is 0.305 e. The predicted octanol–water partition coefficient (Wildman–Crippen LogP) is 3.91. The van der Waals surface area contributed by atoms with Gasteiger partial charge in [0, 0.05) is 11.8 Å². The van der Waals surface area contributed by atoms with Gasteiger partial charge in [0.05, 0.1) is 28.1 Å². The van der Waals surface area contributed by atoms with E-state index >= 15 is 0 Å². The van der Waals surface area contributed by atoms with Gasteiger partial charge in [0.1, 0.15) is 11.6 Å². The molecule has 1 aromatic heterocycles. The van der Waals surface area contributed by atoms with Crippen molar-refractivity contribution in [1.82, 2.24) is 15.3 Å². The first-order valence-electron chi connectivity index (χ1n) is 6.70. The second-order valence-corrected chi connectivity index (χ2v) is 5.58. The van der Waals surface area contributed by atoms with Gasteiger partial charge in [-0.15, -0.1) is 0 Å². The Morgan fingerprint density at radius 2 is 2.00 bits per heavy atom. The second kappa shape index (κ2) is 7.04. The molecule has 1 atom stereocenters. The van der Waals surface area contributed by atoms with Crippen LogP contribution in [0, 0.1) is 18.6 Å². The van der Waals surface area contributed by atoms with Crippen LogP contribution in [0.5, 0.6) is 0 Å². The molecule has 0 amide bonds. The fraction of sp³-hybridized carbons (Fsp3) is 0.333. The smallest absolute Gasteiger partial charge is 0.145 e. The Balaban J connectivity index is 2.50. The maximum Gasteiger partial charge on any atom is 0.145 e. The van der Waals surface area contributed by atoms with E-state index in [-0.39, 0.29) is 10.0 Å². The van der Waals surface area contributed by atoms with E-state index in [0.717, 1.165) is 12.1 Å². The van der Waals surface area contributed by atoms with Crippen LogP contribution < -0.4 is 5.32 Å². The number of nitrogens with zero attached hydrogens (tertiary/aromatic N) is 2. The normalized spacial score (nSPS) is 12.4. The number of aryl methyl sites for hydroxylation is 1. The molecule has 2 aromatic rings. The minimum atomic E-state index is -0.671. The molecule has 1 unspecified atom stereocenters. The summed E-state index contributed by atoms with van der Waals surface area (Å²) in [6.07, 6.45) is 3.97. The lowest BCUT2D eigenvalue weighted by Gasteiger charge is -2.20. The zero-order chi connectivity index (χ0) is 15.4. The van der Waals surface area contributed by atoms with Gasteiger partial charge in [-0.25, -0.2) is 8.78 Å². The minimum absolute atomic E-state index is 0.0454. The molecule has 0 bridgehead atoms. The van der Waals surface area contributed by atoms with Crippen molar-refractivity contribution >= 4 is 15.9 Å². The second-order valence-electron chi connectivity index (χ2n) is 4.73. The van der Waals surface area contributed by atoms with E-state index in [0.29, 0.717) is 12.2 Å².